The van der Waals surface area contributed by atoms with Gasteiger partial charge in [0.1, 0.15) is 18.1 Å². The fourth-order valence-electron chi connectivity index (χ4n) is 3.19. The number of benzene rings is 1. The molecule has 0 bridgehead atoms. The monoisotopic (exact) mass is 454 g/mol. The van der Waals surface area contributed by atoms with Crippen LogP contribution in [0, 0.1) is 0 Å². The molecule has 1 aliphatic heterocycles. The number of nitrogens with one attached hydrogen (secondary N) is 2. The lowest BCUT2D eigenvalue weighted by Gasteiger charge is -2.32. The molecule has 1 fully saturated rings. The Balaban J connectivity index is 1.75. The zero-order valence-corrected chi connectivity index (χ0v) is 17.5. The average molecular weight is 454 g/mol. The molecule has 0 atom stereocenters. The second-order valence-electron chi connectivity index (χ2n) is 7.36. The molecule has 1 aromatic heterocycles. The first kappa shape index (κ1) is 23.5. The highest BCUT2D eigenvalue weighted by atomic mass is 19.4. The molecule has 0 saturated carbocycles. The Bertz CT molecular complexity index is 920. The van der Waals surface area contributed by atoms with Gasteiger partial charge in [0.15, 0.2) is 0 Å². The number of alkyl halides is 3. The van der Waals surface area contributed by atoms with E-state index in [1.165, 1.54) is 18.2 Å². The first-order valence-corrected chi connectivity index (χ1v) is 10.0. The molecule has 0 radical (unpaired) electrons. The maximum atomic E-state index is 12.6. The Morgan fingerprint density at radius 2 is 1.91 bits per heavy atom. The lowest BCUT2D eigenvalue weighted by Crippen LogP contribution is -2.45. The summed E-state index contributed by atoms with van der Waals surface area (Å²) >= 11 is 0. The summed E-state index contributed by atoms with van der Waals surface area (Å²) in [6.07, 6.45) is -4.81. The van der Waals surface area contributed by atoms with Crippen LogP contribution in [0.25, 0.3) is 11.3 Å². The molecule has 174 valence electrons. The minimum Gasteiger partial charge on any atom is -0.480 e. The van der Waals surface area contributed by atoms with Crippen LogP contribution in [0.1, 0.15) is 0 Å². The van der Waals surface area contributed by atoms with Gasteiger partial charge >= 0.3 is 12.3 Å². The molecular weight excluding hydrogens is 429 g/mol. The topological polar surface area (TPSA) is 103 Å². The first-order valence-electron chi connectivity index (χ1n) is 10.0. The van der Waals surface area contributed by atoms with Crippen molar-refractivity contribution in [3.8, 4) is 17.0 Å². The van der Waals surface area contributed by atoms with Gasteiger partial charge in [0, 0.05) is 50.9 Å². The Labute approximate surface area is 183 Å². The van der Waals surface area contributed by atoms with Crippen LogP contribution in [-0.2, 0) is 4.79 Å². The maximum Gasteiger partial charge on any atom is 0.573 e. The number of nitrogens with zero attached hydrogens (tertiary/aromatic N) is 4. The van der Waals surface area contributed by atoms with Crippen molar-refractivity contribution in [1.29, 1.82) is 0 Å². The van der Waals surface area contributed by atoms with E-state index in [1.807, 2.05) is 0 Å². The van der Waals surface area contributed by atoms with Crippen molar-refractivity contribution in [1.82, 2.24) is 19.8 Å². The molecule has 0 spiro atoms. The van der Waals surface area contributed by atoms with E-state index in [1.54, 1.807) is 12.1 Å². The van der Waals surface area contributed by atoms with Gasteiger partial charge in [-0.15, -0.1) is 13.2 Å². The highest BCUT2D eigenvalue weighted by Gasteiger charge is 2.31. The van der Waals surface area contributed by atoms with Crippen LogP contribution in [-0.4, -0.2) is 90.1 Å². The van der Waals surface area contributed by atoms with E-state index in [0.717, 1.165) is 32.7 Å². The van der Waals surface area contributed by atoms with Gasteiger partial charge in [-0.2, -0.15) is 4.98 Å². The van der Waals surface area contributed by atoms with Gasteiger partial charge in [-0.1, -0.05) is 12.1 Å². The summed E-state index contributed by atoms with van der Waals surface area (Å²) in [6.45, 7) is 4.90. The lowest BCUT2D eigenvalue weighted by molar-refractivity contribution is -0.274. The molecule has 3 N–H and O–H groups in total. The number of likely N-dealkylation sites (N-methyl/N-ethyl adjacent to an activating group) is 1. The van der Waals surface area contributed by atoms with Crippen LogP contribution in [0.15, 0.2) is 30.3 Å². The van der Waals surface area contributed by atoms with E-state index >= 15 is 0 Å². The van der Waals surface area contributed by atoms with Crippen LogP contribution in [0.3, 0.4) is 0 Å². The second-order valence-corrected chi connectivity index (χ2v) is 7.36. The van der Waals surface area contributed by atoms with Gasteiger partial charge in [0.05, 0.1) is 5.69 Å². The summed E-state index contributed by atoms with van der Waals surface area (Å²) in [5.41, 5.74) is 0.692. The number of hydrogen-bond donors (Lipinski definition) is 3. The zero-order chi connectivity index (χ0) is 23.1. The molecule has 0 unspecified atom stereocenters. The summed E-state index contributed by atoms with van der Waals surface area (Å²) in [5, 5.41) is 14.7. The van der Waals surface area contributed by atoms with E-state index in [-0.39, 0.29) is 11.7 Å². The summed E-state index contributed by atoms with van der Waals surface area (Å²) < 4.78 is 41.7. The molecule has 1 aliphatic rings. The number of ether oxygens (including phenoxy) is 1. The average Bonchev–Trinajstić information content (AvgIpc) is 2.72. The Morgan fingerprint density at radius 1 is 1.16 bits per heavy atom. The Morgan fingerprint density at radius 3 is 2.59 bits per heavy atom. The molecule has 2 heterocycles. The van der Waals surface area contributed by atoms with Crippen molar-refractivity contribution in [3.05, 3.63) is 30.3 Å². The number of carbonyl (C=O) groups is 1. The zero-order valence-electron chi connectivity index (χ0n) is 17.5. The van der Waals surface area contributed by atoms with Gasteiger partial charge in [-0.3, -0.25) is 9.69 Å². The van der Waals surface area contributed by atoms with Gasteiger partial charge < -0.3 is 25.4 Å². The van der Waals surface area contributed by atoms with Gasteiger partial charge in [0.2, 0.25) is 5.95 Å². The minimum absolute atomic E-state index is 0.0501. The number of rotatable bonds is 9. The van der Waals surface area contributed by atoms with Gasteiger partial charge in [-0.05, 0) is 19.2 Å². The predicted octanol–water partition coefficient (Wildman–Crippen LogP) is 2.20. The van der Waals surface area contributed by atoms with Crippen molar-refractivity contribution >= 4 is 17.7 Å². The molecule has 2 aromatic rings. The summed E-state index contributed by atoms with van der Waals surface area (Å²) in [4.78, 5) is 24.0. The molecule has 1 saturated heterocycles. The number of hydrogen-bond acceptors (Lipinski definition) is 8. The van der Waals surface area contributed by atoms with Crippen molar-refractivity contribution in [2.24, 2.45) is 0 Å². The standard InChI is InChI=1S/C20H25F3N6O3/c1-28-7-9-29(10-8-28)6-5-24-17-12-16(26-19(27-17)25-13-18(30)31)14-3-2-4-15(11-14)32-20(21,22)23/h2-4,11-12H,5-10,13H2,1H3,(H,30,31)(H2,24,25,26,27). The van der Waals surface area contributed by atoms with E-state index in [4.69, 9.17) is 5.11 Å². The number of aliphatic carboxylic acids is 1. The van der Waals surface area contributed by atoms with Crippen LogP contribution < -0.4 is 15.4 Å². The SMILES string of the molecule is CN1CCN(CCNc2cc(-c3cccc(OC(F)(F)F)c3)nc(NCC(=O)O)n2)CC1. The highest BCUT2D eigenvalue weighted by molar-refractivity contribution is 5.72. The molecular formula is C20H25F3N6O3. The maximum absolute atomic E-state index is 12.6. The number of anilines is 2. The predicted molar refractivity (Wildman–Crippen MR) is 113 cm³/mol. The van der Waals surface area contributed by atoms with Crippen LogP contribution in [0.4, 0.5) is 24.9 Å². The number of carboxylic acid groups (broad SMARTS) is 1. The molecule has 32 heavy (non-hydrogen) atoms. The van der Waals surface area contributed by atoms with E-state index in [2.05, 4.69) is 42.2 Å². The number of piperazine rings is 1. The third-order valence-electron chi connectivity index (χ3n) is 4.82. The van der Waals surface area contributed by atoms with E-state index in [0.29, 0.717) is 23.6 Å². The molecule has 0 aliphatic carbocycles. The summed E-state index contributed by atoms with van der Waals surface area (Å²) in [5.74, 6) is -0.990. The summed E-state index contributed by atoms with van der Waals surface area (Å²) in [6, 6.07) is 7.01. The second kappa shape index (κ2) is 10.5. The fourth-order valence-corrected chi connectivity index (χ4v) is 3.19. The van der Waals surface area contributed by atoms with Crippen molar-refractivity contribution in [2.75, 3.05) is 63.5 Å². The summed E-state index contributed by atoms with van der Waals surface area (Å²) in [7, 11) is 2.08. The molecule has 1 aromatic carbocycles. The van der Waals surface area contributed by atoms with Crippen molar-refractivity contribution < 1.29 is 27.8 Å². The Hall–Kier alpha value is -3.12. The number of aromatic nitrogens is 2. The van der Waals surface area contributed by atoms with Crippen LogP contribution in [0.5, 0.6) is 5.75 Å². The van der Waals surface area contributed by atoms with E-state index in [9.17, 15) is 18.0 Å². The minimum atomic E-state index is -4.81. The van der Waals surface area contributed by atoms with Crippen LogP contribution >= 0.6 is 0 Å². The highest BCUT2D eigenvalue weighted by Crippen LogP contribution is 2.28. The van der Waals surface area contributed by atoms with Gasteiger partial charge in [-0.25, -0.2) is 4.98 Å². The van der Waals surface area contributed by atoms with Crippen molar-refractivity contribution in [3.63, 3.8) is 0 Å². The third-order valence-corrected chi connectivity index (χ3v) is 4.82. The quantitative estimate of drug-likeness (QED) is 0.526. The normalized spacial score (nSPS) is 15.4. The Kier molecular flexibility index (Phi) is 7.70. The number of halogens is 3. The molecule has 0 amide bonds. The number of carboxylic acids is 1. The lowest BCUT2D eigenvalue weighted by atomic mass is 10.1. The smallest absolute Gasteiger partial charge is 0.480 e. The largest absolute Gasteiger partial charge is 0.573 e. The third kappa shape index (κ3) is 7.54. The first-order chi connectivity index (χ1) is 15.2. The van der Waals surface area contributed by atoms with E-state index < -0.39 is 18.9 Å². The van der Waals surface area contributed by atoms with Crippen LogP contribution in [0.2, 0.25) is 0 Å². The molecule has 12 heteroatoms. The molecule has 3 rings (SSSR count). The van der Waals surface area contributed by atoms with Gasteiger partial charge in [0.25, 0.3) is 0 Å². The molecule has 9 nitrogen and oxygen atoms in total. The van der Waals surface area contributed by atoms with Crippen molar-refractivity contribution in [2.45, 2.75) is 6.36 Å². The fraction of sp³-hybridized carbons (Fsp3) is 0.450.